The maximum Gasteiger partial charge on any atom is 0.370 e. The van der Waals surface area contributed by atoms with E-state index in [1.54, 1.807) is 0 Å². The van der Waals surface area contributed by atoms with E-state index in [1.165, 1.54) is 0 Å². The van der Waals surface area contributed by atoms with Crippen LogP contribution in [0.15, 0.2) is 0 Å². The minimum absolute atomic E-state index is 0.817. The van der Waals surface area contributed by atoms with Gasteiger partial charge in [-0.3, -0.25) is 0 Å². The predicted octanol–water partition coefficient (Wildman–Crippen LogP) is -0.0781. The molecule has 48 valence electrons. The quantitative estimate of drug-likeness (QED) is 0.426. The van der Waals surface area contributed by atoms with Gasteiger partial charge in [-0.1, -0.05) is 0 Å². The molecule has 0 aromatic carbocycles. The summed E-state index contributed by atoms with van der Waals surface area (Å²) in [6.45, 7) is -3.17. The number of hydrogen-bond donors (Lipinski definition) is 1. The standard InChI is InChI=1S/CH2F2N2O3/c2-1(3)8-4-5(6)7/h1,4H. The Bertz CT molecular complexity index is 85.4. The third kappa shape index (κ3) is 5.02. The molecule has 7 heteroatoms. The van der Waals surface area contributed by atoms with Crippen molar-refractivity contribution in [3.63, 3.8) is 0 Å². The van der Waals surface area contributed by atoms with Crippen molar-refractivity contribution in [1.82, 2.24) is 5.59 Å². The fourth-order valence-corrected chi connectivity index (χ4v) is 0.0829. The molecule has 0 atom stereocenters. The van der Waals surface area contributed by atoms with Crippen molar-refractivity contribution in [2.24, 2.45) is 0 Å². The molecule has 0 radical (unpaired) electrons. The van der Waals surface area contributed by atoms with Gasteiger partial charge in [-0.25, -0.2) is 10.1 Å². The Morgan fingerprint density at radius 3 is 2.38 bits per heavy atom. The van der Waals surface area contributed by atoms with Crippen LogP contribution < -0.4 is 5.59 Å². The van der Waals surface area contributed by atoms with E-state index in [-0.39, 0.29) is 0 Å². The van der Waals surface area contributed by atoms with E-state index >= 15 is 0 Å². The fourth-order valence-electron chi connectivity index (χ4n) is 0.0829. The highest BCUT2D eigenvalue weighted by atomic mass is 19.3. The van der Waals surface area contributed by atoms with Crippen LogP contribution in [0.4, 0.5) is 8.78 Å². The first-order valence-electron chi connectivity index (χ1n) is 1.47. The van der Waals surface area contributed by atoms with Crippen molar-refractivity contribution in [3.05, 3.63) is 10.1 Å². The fraction of sp³-hybridized carbons (Fsp3) is 1.00. The van der Waals surface area contributed by atoms with Gasteiger partial charge in [0.25, 0.3) is 0 Å². The number of hydrazine groups is 1. The molecule has 0 amide bonds. The molecule has 0 aromatic heterocycles. The van der Waals surface area contributed by atoms with Crippen LogP contribution in [0.25, 0.3) is 0 Å². The molecule has 5 nitrogen and oxygen atoms in total. The van der Waals surface area contributed by atoms with Crippen molar-refractivity contribution in [2.45, 2.75) is 6.61 Å². The summed E-state index contributed by atoms with van der Waals surface area (Å²) in [6.07, 6.45) is 0. The Labute approximate surface area is 42.3 Å². The summed E-state index contributed by atoms with van der Waals surface area (Å²) in [6, 6.07) is 0. The molecular formula is CH2F2N2O3. The van der Waals surface area contributed by atoms with E-state index in [1.807, 2.05) is 0 Å². The average Bonchev–Trinajstić information content (AvgIpc) is 1.61. The zero-order valence-electron chi connectivity index (χ0n) is 3.51. The second-order valence-electron chi connectivity index (χ2n) is 0.727. The maximum atomic E-state index is 10.8. The first-order chi connectivity index (χ1) is 3.63. The van der Waals surface area contributed by atoms with E-state index in [4.69, 9.17) is 10.1 Å². The van der Waals surface area contributed by atoms with E-state index in [0.717, 1.165) is 5.59 Å². The summed E-state index contributed by atoms with van der Waals surface area (Å²) in [5, 5.41) is 7.91. The molecule has 0 saturated heterocycles. The van der Waals surface area contributed by atoms with Crippen LogP contribution in [-0.2, 0) is 4.84 Å². The molecule has 0 rings (SSSR count). The molecule has 8 heavy (non-hydrogen) atoms. The van der Waals surface area contributed by atoms with Gasteiger partial charge in [-0.2, -0.15) is 13.6 Å². The summed E-state index contributed by atoms with van der Waals surface area (Å²) >= 11 is 0. The molecule has 0 saturated carbocycles. The number of nitro groups is 1. The highest BCUT2D eigenvalue weighted by Crippen LogP contribution is 1.88. The first kappa shape index (κ1) is 7.02. The van der Waals surface area contributed by atoms with Crippen LogP contribution in [0.3, 0.4) is 0 Å². The summed E-state index contributed by atoms with van der Waals surface area (Å²) in [4.78, 5) is 12.2. The largest absolute Gasteiger partial charge is 0.370 e. The molecule has 0 spiro atoms. The van der Waals surface area contributed by atoms with Crippen LogP contribution in [0.5, 0.6) is 0 Å². The Morgan fingerprint density at radius 1 is 1.75 bits per heavy atom. The monoisotopic (exact) mass is 128 g/mol. The Hall–Kier alpha value is -0.980. The second kappa shape index (κ2) is 3.08. The number of hydrogen-bond acceptors (Lipinski definition) is 3. The first-order valence-corrected chi connectivity index (χ1v) is 1.47. The minimum atomic E-state index is -3.17. The van der Waals surface area contributed by atoms with Crippen LogP contribution in [0, 0.1) is 10.1 Å². The molecule has 0 fully saturated rings. The number of nitrogens with zero attached hydrogens (tertiary/aromatic N) is 1. The Kier molecular flexibility index (Phi) is 2.70. The number of halogens is 2. The van der Waals surface area contributed by atoms with E-state index in [9.17, 15) is 8.78 Å². The molecule has 0 aliphatic rings. The summed E-state index contributed by atoms with van der Waals surface area (Å²) in [5.74, 6) is 0. The van der Waals surface area contributed by atoms with Gasteiger partial charge in [0, 0.05) is 5.59 Å². The van der Waals surface area contributed by atoms with Gasteiger partial charge in [0.2, 0.25) is 0 Å². The van der Waals surface area contributed by atoms with Crippen molar-refractivity contribution in [1.29, 1.82) is 0 Å². The SMILES string of the molecule is O=[N+]([O-])NOC(F)F. The molecule has 0 aromatic rings. The van der Waals surface area contributed by atoms with Gasteiger partial charge in [-0.15, -0.1) is 0 Å². The lowest BCUT2D eigenvalue weighted by Crippen LogP contribution is -2.24. The molecule has 0 unspecified atom stereocenters. The van der Waals surface area contributed by atoms with Gasteiger partial charge in [0.05, 0.1) is 0 Å². The van der Waals surface area contributed by atoms with Gasteiger partial charge in [0.1, 0.15) is 0 Å². The molecular weight excluding hydrogens is 126 g/mol. The third-order valence-electron chi connectivity index (χ3n) is 0.216. The van der Waals surface area contributed by atoms with E-state index in [2.05, 4.69) is 4.84 Å². The summed E-state index contributed by atoms with van der Waals surface area (Å²) in [5.41, 5.74) is 0.817. The highest BCUT2D eigenvalue weighted by Gasteiger charge is 2.03. The van der Waals surface area contributed by atoms with Crippen LogP contribution >= 0.6 is 0 Å². The van der Waals surface area contributed by atoms with Crippen molar-refractivity contribution >= 4 is 0 Å². The zero-order valence-corrected chi connectivity index (χ0v) is 3.51. The second-order valence-corrected chi connectivity index (χ2v) is 0.727. The maximum absolute atomic E-state index is 10.8. The third-order valence-corrected chi connectivity index (χ3v) is 0.216. The number of nitrogens with one attached hydrogen (secondary N) is 1. The lowest BCUT2D eigenvalue weighted by Gasteiger charge is -1.92. The summed E-state index contributed by atoms with van der Waals surface area (Å²) < 4.78 is 21.6. The van der Waals surface area contributed by atoms with E-state index < -0.39 is 11.6 Å². The smallest absolute Gasteiger partial charge is 0.233 e. The minimum Gasteiger partial charge on any atom is -0.233 e. The van der Waals surface area contributed by atoms with Crippen molar-refractivity contribution in [3.8, 4) is 0 Å². The molecule has 0 aliphatic carbocycles. The Morgan fingerprint density at radius 2 is 2.25 bits per heavy atom. The molecule has 0 heterocycles. The van der Waals surface area contributed by atoms with Gasteiger partial charge in [0.15, 0.2) is 5.03 Å². The molecule has 0 bridgehead atoms. The van der Waals surface area contributed by atoms with Crippen LogP contribution in [0.2, 0.25) is 0 Å². The number of rotatable bonds is 3. The van der Waals surface area contributed by atoms with Gasteiger partial charge < -0.3 is 0 Å². The summed E-state index contributed by atoms with van der Waals surface area (Å²) in [7, 11) is 0. The zero-order chi connectivity index (χ0) is 6.57. The normalized spacial score (nSPS) is 9.38. The van der Waals surface area contributed by atoms with E-state index in [0.29, 0.717) is 0 Å². The van der Waals surface area contributed by atoms with Crippen molar-refractivity contribution in [2.75, 3.05) is 0 Å². The topological polar surface area (TPSA) is 64.4 Å². The average molecular weight is 128 g/mol. The number of alkyl halides is 2. The lowest BCUT2D eigenvalue weighted by atomic mass is 11.5. The van der Waals surface area contributed by atoms with Gasteiger partial charge >= 0.3 is 6.61 Å². The highest BCUT2D eigenvalue weighted by molar-refractivity contribution is 3.97. The van der Waals surface area contributed by atoms with Crippen LogP contribution in [0.1, 0.15) is 0 Å². The van der Waals surface area contributed by atoms with Gasteiger partial charge in [-0.05, 0) is 0 Å². The predicted molar refractivity (Wildman–Crippen MR) is 17.2 cm³/mol. The molecule has 1 N–H and O–H groups in total. The Balaban J connectivity index is 3.05. The van der Waals surface area contributed by atoms with Crippen molar-refractivity contribution < 1.29 is 18.7 Å². The molecule has 0 aliphatic heterocycles. The van der Waals surface area contributed by atoms with Crippen LogP contribution in [-0.4, -0.2) is 11.6 Å². The lowest BCUT2D eigenvalue weighted by molar-refractivity contribution is -0.618.